The highest BCUT2D eigenvalue weighted by Gasteiger charge is 2.28. The summed E-state index contributed by atoms with van der Waals surface area (Å²) in [6, 6.07) is 15.1. The van der Waals surface area contributed by atoms with E-state index in [0.29, 0.717) is 37.8 Å². The van der Waals surface area contributed by atoms with Gasteiger partial charge in [0.1, 0.15) is 0 Å². The van der Waals surface area contributed by atoms with E-state index in [1.807, 2.05) is 37.3 Å². The van der Waals surface area contributed by atoms with Crippen molar-refractivity contribution in [2.24, 2.45) is 5.14 Å². The van der Waals surface area contributed by atoms with Crippen molar-refractivity contribution in [1.29, 1.82) is 0 Å². The fourth-order valence-corrected chi connectivity index (χ4v) is 4.08. The molecule has 0 bridgehead atoms. The zero-order valence-electron chi connectivity index (χ0n) is 17.5. The maximum Gasteiger partial charge on any atom is 0.250 e. The predicted octanol–water partition coefficient (Wildman–Crippen LogP) is 0.459. The van der Waals surface area contributed by atoms with Gasteiger partial charge in [-0.05, 0) is 53.7 Å². The number of aromatic nitrogens is 4. The van der Waals surface area contributed by atoms with Crippen LogP contribution in [0.15, 0.2) is 59.5 Å². The molecule has 1 amide bonds. The van der Waals surface area contributed by atoms with Crippen LogP contribution in [0.5, 0.6) is 0 Å². The van der Waals surface area contributed by atoms with Crippen LogP contribution in [0.2, 0.25) is 0 Å². The second-order valence-electron chi connectivity index (χ2n) is 7.48. The molecule has 0 spiro atoms. The van der Waals surface area contributed by atoms with Gasteiger partial charge in [0.2, 0.25) is 21.9 Å². The maximum absolute atomic E-state index is 12.7. The van der Waals surface area contributed by atoms with E-state index in [1.54, 1.807) is 4.68 Å². The molecule has 2 heterocycles. The van der Waals surface area contributed by atoms with E-state index >= 15 is 0 Å². The number of nitrogens with zero attached hydrogens (tertiary/aromatic N) is 6. The second-order valence-corrected chi connectivity index (χ2v) is 9.05. The quantitative estimate of drug-likeness (QED) is 0.545. The highest BCUT2D eigenvalue weighted by molar-refractivity contribution is 7.89. The fourth-order valence-electron chi connectivity index (χ4n) is 3.57. The zero-order chi connectivity index (χ0) is 22.7. The molecule has 0 saturated carbocycles. The third-order valence-electron chi connectivity index (χ3n) is 5.43. The van der Waals surface area contributed by atoms with Gasteiger partial charge in [-0.3, -0.25) is 9.69 Å². The molecule has 4 rings (SSSR count). The van der Waals surface area contributed by atoms with Gasteiger partial charge in [0.05, 0.1) is 16.6 Å². The molecule has 1 fully saturated rings. The van der Waals surface area contributed by atoms with Gasteiger partial charge in [-0.2, -0.15) is 4.68 Å². The number of para-hydroxylation sites is 1. The standard InChI is InChI=1S/C20H24N8O3S/c1-15(19(29)22-16-7-9-18(10-8-16)32(21,30)31)26-11-13-27(14-12-26)20-23-24-25-28(20)17-5-3-2-4-6-17/h2-10,15H,11-14H2,1H3,(H,22,29)(H2,21,30,31). The fraction of sp³-hybridized carbons (Fsp3) is 0.300. The summed E-state index contributed by atoms with van der Waals surface area (Å²) in [6.45, 7) is 4.53. The Labute approximate surface area is 185 Å². The molecule has 3 aromatic rings. The van der Waals surface area contributed by atoms with E-state index in [-0.39, 0.29) is 16.8 Å². The van der Waals surface area contributed by atoms with E-state index in [1.165, 1.54) is 24.3 Å². The van der Waals surface area contributed by atoms with Crippen molar-refractivity contribution in [3.8, 4) is 5.69 Å². The van der Waals surface area contributed by atoms with Crippen molar-refractivity contribution in [2.75, 3.05) is 36.4 Å². The lowest BCUT2D eigenvalue weighted by Gasteiger charge is -2.37. The number of benzene rings is 2. The van der Waals surface area contributed by atoms with Crippen molar-refractivity contribution in [2.45, 2.75) is 17.9 Å². The Morgan fingerprint density at radius 1 is 1.03 bits per heavy atom. The minimum Gasteiger partial charge on any atom is -0.337 e. The Hall–Kier alpha value is -3.35. The zero-order valence-corrected chi connectivity index (χ0v) is 18.3. The number of tetrazole rings is 1. The average molecular weight is 457 g/mol. The van der Waals surface area contributed by atoms with Crippen molar-refractivity contribution < 1.29 is 13.2 Å². The van der Waals surface area contributed by atoms with E-state index in [4.69, 9.17) is 5.14 Å². The third kappa shape index (κ3) is 4.77. The molecule has 1 saturated heterocycles. The molecule has 2 aromatic carbocycles. The summed E-state index contributed by atoms with van der Waals surface area (Å²) in [4.78, 5) is 16.9. The molecular formula is C20H24N8O3S. The van der Waals surface area contributed by atoms with Gasteiger partial charge in [-0.1, -0.05) is 23.3 Å². The van der Waals surface area contributed by atoms with Gasteiger partial charge in [0.15, 0.2) is 0 Å². The smallest absolute Gasteiger partial charge is 0.250 e. The number of amides is 1. The number of anilines is 2. The van der Waals surface area contributed by atoms with Crippen LogP contribution in [0.25, 0.3) is 5.69 Å². The van der Waals surface area contributed by atoms with E-state index < -0.39 is 10.0 Å². The highest BCUT2D eigenvalue weighted by atomic mass is 32.2. The Bertz CT molecular complexity index is 1170. The van der Waals surface area contributed by atoms with Crippen LogP contribution in [0.4, 0.5) is 11.6 Å². The third-order valence-corrected chi connectivity index (χ3v) is 6.36. The first-order valence-electron chi connectivity index (χ1n) is 10.1. The number of carbonyl (C=O) groups is 1. The predicted molar refractivity (Wildman–Crippen MR) is 119 cm³/mol. The summed E-state index contributed by atoms with van der Waals surface area (Å²) >= 11 is 0. The van der Waals surface area contributed by atoms with Crippen molar-refractivity contribution in [1.82, 2.24) is 25.1 Å². The molecule has 1 unspecified atom stereocenters. The lowest BCUT2D eigenvalue weighted by Crippen LogP contribution is -2.53. The number of nitrogens with one attached hydrogen (secondary N) is 1. The molecule has 3 N–H and O–H groups in total. The minimum atomic E-state index is -3.77. The molecule has 1 aromatic heterocycles. The van der Waals surface area contributed by atoms with Gasteiger partial charge in [0, 0.05) is 31.9 Å². The van der Waals surface area contributed by atoms with Crippen LogP contribution in [0, 0.1) is 0 Å². The Morgan fingerprint density at radius 3 is 2.31 bits per heavy atom. The number of nitrogens with two attached hydrogens (primary N) is 1. The van der Waals surface area contributed by atoms with Gasteiger partial charge in [-0.15, -0.1) is 0 Å². The average Bonchev–Trinajstić information content (AvgIpc) is 3.29. The second kappa shape index (κ2) is 9.02. The van der Waals surface area contributed by atoms with Crippen LogP contribution in [-0.4, -0.2) is 71.7 Å². The Kier molecular flexibility index (Phi) is 6.17. The number of primary sulfonamides is 1. The van der Waals surface area contributed by atoms with E-state index in [2.05, 4.69) is 30.6 Å². The first-order chi connectivity index (χ1) is 15.3. The van der Waals surface area contributed by atoms with Crippen LogP contribution in [-0.2, 0) is 14.8 Å². The van der Waals surface area contributed by atoms with Crippen molar-refractivity contribution in [3.05, 3.63) is 54.6 Å². The number of piperazine rings is 1. The lowest BCUT2D eigenvalue weighted by molar-refractivity contribution is -0.120. The molecule has 12 heteroatoms. The summed E-state index contributed by atoms with van der Waals surface area (Å²) in [5.74, 6) is 0.499. The topological polar surface area (TPSA) is 139 Å². The molecule has 1 atom stereocenters. The summed E-state index contributed by atoms with van der Waals surface area (Å²) in [6.07, 6.45) is 0. The van der Waals surface area contributed by atoms with Crippen LogP contribution in [0.3, 0.4) is 0 Å². The summed E-state index contributed by atoms with van der Waals surface area (Å²) in [5, 5.41) is 20.0. The Morgan fingerprint density at radius 2 is 1.69 bits per heavy atom. The summed E-state index contributed by atoms with van der Waals surface area (Å²) < 4.78 is 24.4. The Balaban J connectivity index is 1.35. The van der Waals surface area contributed by atoms with Crippen LogP contribution < -0.4 is 15.4 Å². The molecule has 32 heavy (non-hydrogen) atoms. The number of sulfonamides is 1. The number of carbonyl (C=O) groups excluding carboxylic acids is 1. The lowest BCUT2D eigenvalue weighted by atomic mass is 10.2. The molecule has 0 aliphatic carbocycles. The summed E-state index contributed by atoms with van der Waals surface area (Å²) in [7, 11) is -3.77. The first kappa shape index (κ1) is 21.9. The minimum absolute atomic E-state index is 0.00230. The molecule has 0 radical (unpaired) electrons. The number of hydrogen-bond acceptors (Lipinski definition) is 8. The highest BCUT2D eigenvalue weighted by Crippen LogP contribution is 2.19. The molecule has 1 aliphatic rings. The SMILES string of the molecule is CC(C(=O)Nc1ccc(S(N)(=O)=O)cc1)N1CCN(c2nnnn2-c2ccccc2)CC1. The molecule has 1 aliphatic heterocycles. The largest absolute Gasteiger partial charge is 0.337 e. The van der Waals surface area contributed by atoms with Gasteiger partial charge in [-0.25, -0.2) is 13.6 Å². The van der Waals surface area contributed by atoms with Gasteiger partial charge in [0.25, 0.3) is 0 Å². The molecular weight excluding hydrogens is 432 g/mol. The molecule has 11 nitrogen and oxygen atoms in total. The van der Waals surface area contributed by atoms with Gasteiger partial charge < -0.3 is 10.2 Å². The maximum atomic E-state index is 12.7. The summed E-state index contributed by atoms with van der Waals surface area (Å²) in [5.41, 5.74) is 1.39. The van der Waals surface area contributed by atoms with Crippen molar-refractivity contribution in [3.63, 3.8) is 0 Å². The number of rotatable bonds is 6. The van der Waals surface area contributed by atoms with E-state index in [0.717, 1.165) is 5.69 Å². The van der Waals surface area contributed by atoms with Gasteiger partial charge >= 0.3 is 0 Å². The van der Waals surface area contributed by atoms with E-state index in [9.17, 15) is 13.2 Å². The monoisotopic (exact) mass is 456 g/mol. The number of hydrogen-bond donors (Lipinski definition) is 2. The first-order valence-corrected chi connectivity index (χ1v) is 11.6. The van der Waals surface area contributed by atoms with Crippen LogP contribution >= 0.6 is 0 Å². The van der Waals surface area contributed by atoms with Crippen LogP contribution in [0.1, 0.15) is 6.92 Å². The molecule has 168 valence electrons. The normalized spacial score (nSPS) is 16.0. The van der Waals surface area contributed by atoms with Crippen molar-refractivity contribution >= 4 is 27.6 Å².